The van der Waals surface area contributed by atoms with Gasteiger partial charge in [0.25, 0.3) is 5.91 Å². The van der Waals surface area contributed by atoms with E-state index < -0.39 is 24.5 Å². The number of ether oxygens (including phenoxy) is 2. The number of carbonyl (C=O) groups is 3. The van der Waals surface area contributed by atoms with Crippen LogP contribution in [-0.2, 0) is 14.3 Å². The molecule has 1 amide bonds. The Balaban J connectivity index is 1.74. The van der Waals surface area contributed by atoms with Gasteiger partial charge in [-0.1, -0.05) is 16.4 Å². The Morgan fingerprint density at radius 2 is 1.69 bits per heavy atom. The standard InChI is InChI=1S/C18H15ClN4O6/c1-27-17(25)10-5-11(18(26)28-2)7-13(6-10)20-16(24)9-29-23-15-8-12(19)3-4-14(15)21-22-23/h3-8H,9H2,1-2H3,(H,20,24). The molecule has 0 fully saturated rings. The third kappa shape index (κ3) is 4.61. The maximum absolute atomic E-state index is 12.3. The SMILES string of the molecule is COC(=O)c1cc(NC(=O)COn2nnc3ccc(Cl)cc32)cc(C(=O)OC)c1. The molecule has 1 heterocycles. The molecule has 2 aromatic carbocycles. The van der Waals surface area contributed by atoms with E-state index in [0.29, 0.717) is 16.1 Å². The number of hydrogen-bond donors (Lipinski definition) is 1. The summed E-state index contributed by atoms with van der Waals surface area (Å²) in [5.41, 5.74) is 1.37. The Morgan fingerprint density at radius 3 is 2.31 bits per heavy atom. The number of nitrogens with zero attached hydrogens (tertiary/aromatic N) is 3. The molecule has 0 saturated carbocycles. The van der Waals surface area contributed by atoms with Crippen LogP contribution in [0.25, 0.3) is 11.0 Å². The molecule has 3 aromatic rings. The van der Waals surface area contributed by atoms with Gasteiger partial charge in [0.1, 0.15) is 11.0 Å². The summed E-state index contributed by atoms with van der Waals surface area (Å²) in [5.74, 6) is -1.91. The van der Waals surface area contributed by atoms with Crippen LogP contribution in [0.1, 0.15) is 20.7 Å². The van der Waals surface area contributed by atoms with E-state index in [0.717, 1.165) is 4.85 Å². The van der Waals surface area contributed by atoms with E-state index >= 15 is 0 Å². The van der Waals surface area contributed by atoms with Gasteiger partial charge in [0, 0.05) is 10.7 Å². The minimum Gasteiger partial charge on any atom is -0.465 e. The average Bonchev–Trinajstić information content (AvgIpc) is 3.12. The van der Waals surface area contributed by atoms with Gasteiger partial charge in [0.2, 0.25) is 0 Å². The van der Waals surface area contributed by atoms with Crippen LogP contribution < -0.4 is 10.2 Å². The van der Waals surface area contributed by atoms with Crippen molar-refractivity contribution in [3.63, 3.8) is 0 Å². The van der Waals surface area contributed by atoms with Gasteiger partial charge < -0.3 is 19.6 Å². The van der Waals surface area contributed by atoms with Crippen molar-refractivity contribution in [1.82, 2.24) is 15.2 Å². The normalized spacial score (nSPS) is 10.4. The monoisotopic (exact) mass is 418 g/mol. The number of amides is 1. The van der Waals surface area contributed by atoms with Gasteiger partial charge in [0.15, 0.2) is 6.61 Å². The topological polar surface area (TPSA) is 122 Å². The van der Waals surface area contributed by atoms with Gasteiger partial charge in [-0.3, -0.25) is 4.79 Å². The molecule has 0 bridgehead atoms. The summed E-state index contributed by atoms with van der Waals surface area (Å²) < 4.78 is 9.31. The zero-order valence-electron chi connectivity index (χ0n) is 15.3. The minimum absolute atomic E-state index is 0.0727. The fourth-order valence-corrected chi connectivity index (χ4v) is 2.62. The van der Waals surface area contributed by atoms with Gasteiger partial charge >= 0.3 is 11.9 Å². The number of hydrogen-bond acceptors (Lipinski definition) is 8. The molecule has 1 N–H and O–H groups in total. The number of benzene rings is 2. The summed E-state index contributed by atoms with van der Waals surface area (Å²) in [6.07, 6.45) is 0. The first-order chi connectivity index (χ1) is 13.9. The van der Waals surface area contributed by atoms with Crippen LogP contribution in [0.15, 0.2) is 36.4 Å². The van der Waals surface area contributed by atoms with E-state index in [-0.39, 0.29) is 16.8 Å². The summed E-state index contributed by atoms with van der Waals surface area (Å²) >= 11 is 5.94. The Kier molecular flexibility index (Phi) is 5.93. The van der Waals surface area contributed by atoms with Crippen molar-refractivity contribution in [2.75, 3.05) is 26.1 Å². The number of rotatable bonds is 6. The largest absolute Gasteiger partial charge is 0.465 e. The van der Waals surface area contributed by atoms with E-state index in [1.54, 1.807) is 18.2 Å². The van der Waals surface area contributed by atoms with Crippen molar-refractivity contribution in [1.29, 1.82) is 0 Å². The maximum Gasteiger partial charge on any atom is 0.337 e. The fourth-order valence-electron chi connectivity index (χ4n) is 2.45. The molecule has 0 aliphatic carbocycles. The lowest BCUT2D eigenvalue weighted by molar-refractivity contribution is -0.121. The molecular weight excluding hydrogens is 404 g/mol. The predicted molar refractivity (Wildman–Crippen MR) is 102 cm³/mol. The highest BCUT2D eigenvalue weighted by Gasteiger charge is 2.15. The first-order valence-electron chi connectivity index (χ1n) is 8.17. The average molecular weight is 419 g/mol. The lowest BCUT2D eigenvalue weighted by Crippen LogP contribution is -2.26. The lowest BCUT2D eigenvalue weighted by Gasteiger charge is -2.10. The fraction of sp³-hybridized carbons (Fsp3) is 0.167. The second kappa shape index (κ2) is 8.57. The quantitative estimate of drug-likeness (QED) is 0.600. The number of esters is 2. The van der Waals surface area contributed by atoms with Crippen molar-refractivity contribution in [2.24, 2.45) is 0 Å². The molecule has 3 rings (SSSR count). The van der Waals surface area contributed by atoms with E-state index in [2.05, 4.69) is 25.1 Å². The smallest absolute Gasteiger partial charge is 0.337 e. The number of anilines is 1. The minimum atomic E-state index is -0.673. The van der Waals surface area contributed by atoms with Crippen LogP contribution in [0.3, 0.4) is 0 Å². The predicted octanol–water partition coefficient (Wildman–Crippen LogP) is 1.73. The third-order valence-electron chi connectivity index (χ3n) is 3.75. The summed E-state index contributed by atoms with van der Waals surface area (Å²) in [4.78, 5) is 42.3. The number of methoxy groups -OCH3 is 2. The zero-order chi connectivity index (χ0) is 21.0. The molecular formula is C18H15ClN4O6. The second-order valence-electron chi connectivity index (χ2n) is 5.70. The lowest BCUT2D eigenvalue weighted by atomic mass is 10.1. The molecule has 0 atom stereocenters. The van der Waals surface area contributed by atoms with Crippen LogP contribution in [0.5, 0.6) is 0 Å². The van der Waals surface area contributed by atoms with Crippen LogP contribution in [0, 0.1) is 0 Å². The highest BCUT2D eigenvalue weighted by atomic mass is 35.5. The Bertz CT molecular complexity index is 1060. The molecule has 11 heteroatoms. The van der Waals surface area contributed by atoms with Crippen LogP contribution >= 0.6 is 11.6 Å². The molecule has 0 saturated heterocycles. The van der Waals surface area contributed by atoms with E-state index in [1.807, 2.05) is 0 Å². The van der Waals surface area contributed by atoms with E-state index in [4.69, 9.17) is 16.4 Å². The number of fused-ring (bicyclic) bond motifs is 1. The van der Waals surface area contributed by atoms with Gasteiger partial charge in [0.05, 0.1) is 25.3 Å². The zero-order valence-corrected chi connectivity index (χ0v) is 16.1. The highest BCUT2D eigenvalue weighted by Crippen LogP contribution is 2.18. The summed E-state index contributed by atoms with van der Waals surface area (Å²) in [5, 5.41) is 10.7. The summed E-state index contributed by atoms with van der Waals surface area (Å²) in [7, 11) is 2.40. The van der Waals surface area contributed by atoms with Crippen LogP contribution in [0.2, 0.25) is 5.02 Å². The molecule has 0 aliphatic heterocycles. The third-order valence-corrected chi connectivity index (χ3v) is 3.99. The molecule has 150 valence electrons. The van der Waals surface area contributed by atoms with Gasteiger partial charge in [-0.2, -0.15) is 0 Å². The van der Waals surface area contributed by atoms with Crippen molar-refractivity contribution < 1.29 is 28.7 Å². The Hall–Kier alpha value is -3.66. The molecule has 0 unspecified atom stereocenters. The molecule has 0 aliphatic rings. The number of halogens is 1. The number of aromatic nitrogens is 3. The first kappa shape index (κ1) is 20.1. The second-order valence-corrected chi connectivity index (χ2v) is 6.14. The summed E-state index contributed by atoms with van der Waals surface area (Å²) in [6.45, 7) is -0.416. The highest BCUT2D eigenvalue weighted by molar-refractivity contribution is 6.31. The Labute approximate surface area is 169 Å². The van der Waals surface area contributed by atoms with Crippen molar-refractivity contribution in [2.45, 2.75) is 0 Å². The van der Waals surface area contributed by atoms with E-state index in [1.165, 1.54) is 32.4 Å². The molecule has 0 spiro atoms. The van der Waals surface area contributed by atoms with Crippen LogP contribution in [-0.4, -0.2) is 53.8 Å². The van der Waals surface area contributed by atoms with Crippen molar-refractivity contribution in [3.05, 3.63) is 52.5 Å². The Morgan fingerprint density at radius 1 is 1.03 bits per heavy atom. The molecule has 29 heavy (non-hydrogen) atoms. The molecule has 10 nitrogen and oxygen atoms in total. The summed E-state index contributed by atoms with van der Waals surface area (Å²) in [6, 6.07) is 8.94. The first-order valence-corrected chi connectivity index (χ1v) is 8.55. The van der Waals surface area contributed by atoms with Crippen LogP contribution in [0.4, 0.5) is 5.69 Å². The number of nitrogens with one attached hydrogen (secondary N) is 1. The number of carbonyl (C=O) groups excluding carboxylic acids is 3. The van der Waals surface area contributed by atoms with Gasteiger partial charge in [-0.05, 0) is 41.6 Å². The van der Waals surface area contributed by atoms with Gasteiger partial charge in [-0.25, -0.2) is 9.59 Å². The van der Waals surface area contributed by atoms with E-state index in [9.17, 15) is 14.4 Å². The maximum atomic E-state index is 12.3. The molecule has 0 radical (unpaired) electrons. The van der Waals surface area contributed by atoms with Crippen molar-refractivity contribution >= 4 is 46.2 Å². The molecule has 1 aromatic heterocycles. The van der Waals surface area contributed by atoms with Crippen molar-refractivity contribution in [3.8, 4) is 0 Å². The van der Waals surface area contributed by atoms with Gasteiger partial charge in [-0.15, -0.1) is 5.10 Å².